The second-order valence-corrected chi connectivity index (χ2v) is 4.93. The highest BCUT2D eigenvalue weighted by Crippen LogP contribution is 2.31. The van der Waals surface area contributed by atoms with E-state index < -0.39 is 0 Å². The first-order valence-corrected chi connectivity index (χ1v) is 6.57. The van der Waals surface area contributed by atoms with Crippen LogP contribution < -0.4 is 15.0 Å². The van der Waals surface area contributed by atoms with Gasteiger partial charge in [-0.2, -0.15) is 0 Å². The summed E-state index contributed by atoms with van der Waals surface area (Å²) in [5.41, 5.74) is 0.923. The predicted molar refractivity (Wildman–Crippen MR) is 69.9 cm³/mol. The number of anilines is 1. The maximum atomic E-state index is 12.2. The van der Waals surface area contributed by atoms with Crippen LogP contribution >= 0.6 is 0 Å². The molecule has 2 heterocycles. The Hall–Kier alpha value is -1.55. The molecular weight excluding hydrogens is 228 g/mol. The van der Waals surface area contributed by atoms with Crippen LogP contribution in [0.4, 0.5) is 5.69 Å². The van der Waals surface area contributed by atoms with Gasteiger partial charge in [0, 0.05) is 6.54 Å². The van der Waals surface area contributed by atoms with Crippen molar-refractivity contribution in [1.29, 1.82) is 0 Å². The number of nitrogens with one attached hydrogen (secondary N) is 1. The number of benzene rings is 1. The van der Waals surface area contributed by atoms with Crippen LogP contribution in [0.2, 0.25) is 0 Å². The molecule has 4 nitrogen and oxygen atoms in total. The van der Waals surface area contributed by atoms with Crippen molar-refractivity contribution in [3.8, 4) is 5.75 Å². The fourth-order valence-corrected chi connectivity index (χ4v) is 2.65. The highest BCUT2D eigenvalue weighted by atomic mass is 16.5. The largest absolute Gasteiger partial charge is 0.491 e. The fourth-order valence-electron chi connectivity index (χ4n) is 2.65. The third kappa shape index (κ3) is 2.20. The molecule has 1 atom stereocenters. The smallest absolute Gasteiger partial charge is 0.230 e. The van der Waals surface area contributed by atoms with E-state index in [-0.39, 0.29) is 5.91 Å². The lowest BCUT2D eigenvalue weighted by atomic mass is 10.1. The molecule has 0 bridgehead atoms. The van der Waals surface area contributed by atoms with E-state index >= 15 is 0 Å². The molecule has 1 aromatic rings. The molecule has 3 rings (SSSR count). The van der Waals surface area contributed by atoms with Crippen LogP contribution in [0.1, 0.15) is 12.8 Å². The summed E-state index contributed by atoms with van der Waals surface area (Å²) in [7, 11) is 0. The lowest BCUT2D eigenvalue weighted by molar-refractivity contribution is -0.118. The van der Waals surface area contributed by atoms with E-state index in [2.05, 4.69) is 5.32 Å². The number of para-hydroxylation sites is 2. The minimum atomic E-state index is 0.173. The van der Waals surface area contributed by atoms with Gasteiger partial charge in [0.1, 0.15) is 5.75 Å². The number of rotatable bonds is 2. The van der Waals surface area contributed by atoms with Gasteiger partial charge in [-0.1, -0.05) is 12.1 Å². The first kappa shape index (κ1) is 11.5. The molecule has 1 N–H and O–H groups in total. The second-order valence-electron chi connectivity index (χ2n) is 4.93. The number of carbonyl (C=O) groups excluding carboxylic acids is 1. The summed E-state index contributed by atoms with van der Waals surface area (Å²) >= 11 is 0. The molecule has 18 heavy (non-hydrogen) atoms. The third-order valence-electron chi connectivity index (χ3n) is 3.63. The number of ether oxygens (including phenoxy) is 1. The lowest BCUT2D eigenvalue weighted by Crippen LogP contribution is -2.35. The van der Waals surface area contributed by atoms with Crippen LogP contribution in [-0.4, -0.2) is 32.1 Å². The third-order valence-corrected chi connectivity index (χ3v) is 3.63. The van der Waals surface area contributed by atoms with Crippen LogP contribution in [0, 0.1) is 5.92 Å². The zero-order valence-electron chi connectivity index (χ0n) is 10.4. The van der Waals surface area contributed by atoms with Crippen LogP contribution in [0.25, 0.3) is 0 Å². The number of amides is 1. The summed E-state index contributed by atoms with van der Waals surface area (Å²) in [5, 5.41) is 3.35. The van der Waals surface area contributed by atoms with Crippen molar-refractivity contribution in [2.45, 2.75) is 12.8 Å². The Balaban J connectivity index is 1.87. The highest BCUT2D eigenvalue weighted by Gasteiger charge is 2.26. The number of fused-ring (bicyclic) bond motifs is 1. The normalized spacial score (nSPS) is 23.4. The molecule has 2 aliphatic heterocycles. The molecule has 1 saturated heterocycles. The van der Waals surface area contributed by atoms with Gasteiger partial charge in [-0.15, -0.1) is 0 Å². The van der Waals surface area contributed by atoms with Crippen LogP contribution in [-0.2, 0) is 4.79 Å². The molecule has 2 aliphatic rings. The Kier molecular flexibility index (Phi) is 3.19. The summed E-state index contributed by atoms with van der Waals surface area (Å²) in [6, 6.07) is 7.82. The van der Waals surface area contributed by atoms with Gasteiger partial charge in [0.15, 0.2) is 0 Å². The van der Waals surface area contributed by atoms with Gasteiger partial charge in [-0.25, -0.2) is 0 Å². The van der Waals surface area contributed by atoms with Gasteiger partial charge >= 0.3 is 0 Å². The van der Waals surface area contributed by atoms with E-state index in [9.17, 15) is 4.79 Å². The number of carbonyl (C=O) groups is 1. The Morgan fingerprint density at radius 2 is 2.28 bits per heavy atom. The average Bonchev–Trinajstić information content (AvgIpc) is 2.84. The Labute approximate surface area is 107 Å². The standard InChI is InChI=1S/C14H18N2O2/c17-14-6-8-18-13-4-2-1-3-12(13)16(14)10-11-5-7-15-9-11/h1-4,11,15H,5-10H2. The van der Waals surface area contributed by atoms with E-state index in [0.29, 0.717) is 18.9 Å². The molecule has 0 aliphatic carbocycles. The summed E-state index contributed by atoms with van der Waals surface area (Å²) < 4.78 is 5.64. The maximum absolute atomic E-state index is 12.2. The molecule has 0 saturated carbocycles. The van der Waals surface area contributed by atoms with Crippen molar-refractivity contribution >= 4 is 11.6 Å². The fraction of sp³-hybridized carbons (Fsp3) is 0.500. The Morgan fingerprint density at radius 1 is 1.39 bits per heavy atom. The van der Waals surface area contributed by atoms with Gasteiger partial charge in [0.25, 0.3) is 0 Å². The molecule has 0 aromatic heterocycles. The van der Waals surface area contributed by atoms with Crippen molar-refractivity contribution < 1.29 is 9.53 Å². The predicted octanol–water partition coefficient (Wildman–Crippen LogP) is 1.41. The minimum Gasteiger partial charge on any atom is -0.491 e. The quantitative estimate of drug-likeness (QED) is 0.858. The summed E-state index contributed by atoms with van der Waals surface area (Å²) in [5.74, 6) is 1.56. The summed E-state index contributed by atoms with van der Waals surface area (Å²) in [4.78, 5) is 14.1. The lowest BCUT2D eigenvalue weighted by Gasteiger charge is -2.24. The monoisotopic (exact) mass is 246 g/mol. The van der Waals surface area contributed by atoms with Crippen LogP contribution in [0.15, 0.2) is 24.3 Å². The van der Waals surface area contributed by atoms with Crippen LogP contribution in [0.5, 0.6) is 5.75 Å². The average molecular weight is 246 g/mol. The number of nitrogens with zero attached hydrogens (tertiary/aromatic N) is 1. The summed E-state index contributed by atoms with van der Waals surface area (Å²) in [6.07, 6.45) is 1.61. The molecule has 0 spiro atoms. The topological polar surface area (TPSA) is 41.6 Å². The van der Waals surface area contributed by atoms with E-state index in [0.717, 1.165) is 37.5 Å². The van der Waals surface area contributed by atoms with Crippen molar-refractivity contribution in [2.75, 3.05) is 31.1 Å². The first-order valence-electron chi connectivity index (χ1n) is 6.57. The maximum Gasteiger partial charge on any atom is 0.230 e. The zero-order valence-corrected chi connectivity index (χ0v) is 10.4. The molecule has 96 valence electrons. The van der Waals surface area contributed by atoms with E-state index in [4.69, 9.17) is 4.74 Å². The molecule has 1 fully saturated rings. The Morgan fingerprint density at radius 3 is 3.11 bits per heavy atom. The van der Waals surface area contributed by atoms with Crippen molar-refractivity contribution in [1.82, 2.24) is 5.32 Å². The SMILES string of the molecule is O=C1CCOc2ccccc2N1CC1CCNC1. The van der Waals surface area contributed by atoms with Crippen molar-refractivity contribution in [2.24, 2.45) is 5.92 Å². The van der Waals surface area contributed by atoms with Gasteiger partial charge in [-0.3, -0.25) is 4.79 Å². The van der Waals surface area contributed by atoms with Gasteiger partial charge < -0.3 is 15.0 Å². The Bertz CT molecular complexity index is 441. The molecular formula is C14H18N2O2. The number of hydrogen-bond acceptors (Lipinski definition) is 3. The van der Waals surface area contributed by atoms with Gasteiger partial charge in [-0.05, 0) is 37.6 Å². The number of hydrogen-bond donors (Lipinski definition) is 1. The second kappa shape index (κ2) is 4.98. The van der Waals surface area contributed by atoms with Crippen molar-refractivity contribution in [3.05, 3.63) is 24.3 Å². The highest BCUT2D eigenvalue weighted by molar-refractivity contribution is 5.95. The zero-order chi connectivity index (χ0) is 12.4. The molecule has 1 aromatic carbocycles. The molecule has 1 amide bonds. The van der Waals surface area contributed by atoms with Crippen molar-refractivity contribution in [3.63, 3.8) is 0 Å². The van der Waals surface area contributed by atoms with Crippen LogP contribution in [0.3, 0.4) is 0 Å². The summed E-state index contributed by atoms with van der Waals surface area (Å²) in [6.45, 7) is 3.35. The van der Waals surface area contributed by atoms with E-state index in [1.165, 1.54) is 0 Å². The van der Waals surface area contributed by atoms with Gasteiger partial charge in [0.2, 0.25) is 5.91 Å². The van der Waals surface area contributed by atoms with E-state index in [1.807, 2.05) is 29.2 Å². The van der Waals surface area contributed by atoms with E-state index in [1.54, 1.807) is 0 Å². The molecule has 4 heteroatoms. The minimum absolute atomic E-state index is 0.173. The van der Waals surface area contributed by atoms with Gasteiger partial charge in [0.05, 0.1) is 18.7 Å². The molecule has 1 unspecified atom stereocenters. The molecule has 0 radical (unpaired) electrons. The first-order chi connectivity index (χ1) is 8.84.